The summed E-state index contributed by atoms with van der Waals surface area (Å²) in [5.74, 6) is -5.08. The van der Waals surface area contributed by atoms with Crippen molar-refractivity contribution in [1.82, 2.24) is 9.55 Å². The predicted octanol–water partition coefficient (Wildman–Crippen LogP) is 5.57. The molecule has 2 aromatic heterocycles. The smallest absolute Gasteiger partial charge is 0.338 e. The highest BCUT2D eigenvalue weighted by Gasteiger charge is 2.57. The molecule has 2 heterocycles. The fourth-order valence-corrected chi connectivity index (χ4v) is 3.59. The van der Waals surface area contributed by atoms with Gasteiger partial charge in [0.1, 0.15) is 0 Å². The lowest BCUT2D eigenvalue weighted by Crippen LogP contribution is -2.40. The third kappa shape index (κ3) is 3.36. The molecule has 3 nitrogen and oxygen atoms in total. The van der Waals surface area contributed by atoms with E-state index in [1.807, 2.05) is 0 Å². The van der Waals surface area contributed by atoms with Crippen molar-refractivity contribution in [2.75, 3.05) is 0 Å². The van der Waals surface area contributed by atoms with Gasteiger partial charge in [0.05, 0.1) is 12.1 Å². The molecule has 0 saturated carbocycles. The maximum Gasteiger partial charge on any atom is 0.455 e. The number of nitrogens with one attached hydrogen (secondary N) is 1. The molecule has 0 aliphatic heterocycles. The first kappa shape index (κ1) is 21.1. The van der Waals surface area contributed by atoms with Crippen molar-refractivity contribution < 1.29 is 35.1 Å². The van der Waals surface area contributed by atoms with E-state index in [0.29, 0.717) is 10.6 Å². The number of hydrogen-bond acceptors (Lipinski definition) is 1. The molecule has 0 unspecified atom stereocenters. The van der Waals surface area contributed by atoms with E-state index in [2.05, 4.69) is 4.98 Å². The van der Waals surface area contributed by atoms with Crippen LogP contribution in [0.3, 0.4) is 0 Å². The van der Waals surface area contributed by atoms with Crippen LogP contribution >= 0.6 is 0 Å². The summed E-state index contributed by atoms with van der Waals surface area (Å²) >= 11 is 0. The average Bonchev–Trinajstić information content (AvgIpc) is 2.83. The number of aromatic amines is 1. The lowest BCUT2D eigenvalue weighted by Gasteiger charge is -2.22. The van der Waals surface area contributed by atoms with Gasteiger partial charge >= 0.3 is 18.3 Å². The zero-order chi connectivity index (χ0) is 21.9. The Morgan fingerprint density at radius 1 is 1.00 bits per heavy atom. The second-order valence-electron chi connectivity index (χ2n) is 6.64. The predicted molar refractivity (Wildman–Crippen MR) is 90.2 cm³/mol. The molecule has 29 heavy (non-hydrogen) atoms. The minimum absolute atomic E-state index is 0.0145. The van der Waals surface area contributed by atoms with Crippen LogP contribution in [0.2, 0.25) is 0 Å². The Bertz CT molecular complexity index is 1150. The van der Waals surface area contributed by atoms with Crippen molar-refractivity contribution in [3.8, 4) is 0 Å². The molecule has 0 fully saturated rings. The second-order valence-corrected chi connectivity index (χ2v) is 6.64. The average molecular weight is 426 g/mol. The van der Waals surface area contributed by atoms with Gasteiger partial charge in [-0.05, 0) is 31.0 Å². The van der Waals surface area contributed by atoms with E-state index < -0.39 is 41.3 Å². The molecule has 0 atom stereocenters. The van der Waals surface area contributed by atoms with Gasteiger partial charge in [-0.1, -0.05) is 6.92 Å². The Balaban J connectivity index is 2.46. The van der Waals surface area contributed by atoms with Crippen LogP contribution in [0.15, 0.2) is 23.0 Å². The maximum atomic E-state index is 13.7. The summed E-state index contributed by atoms with van der Waals surface area (Å²) in [4.78, 5) is 13.9. The van der Waals surface area contributed by atoms with Gasteiger partial charge in [-0.25, -0.2) is 0 Å². The van der Waals surface area contributed by atoms with Gasteiger partial charge in [0.2, 0.25) is 5.56 Å². The van der Waals surface area contributed by atoms with Crippen LogP contribution < -0.4 is 5.56 Å². The highest BCUT2D eigenvalue weighted by atomic mass is 19.4. The molecule has 1 N–H and O–H groups in total. The number of pyridine rings is 1. The van der Waals surface area contributed by atoms with Crippen molar-refractivity contribution in [1.29, 1.82) is 0 Å². The third-order valence-electron chi connectivity index (χ3n) is 4.82. The molecule has 0 bridgehead atoms. The minimum atomic E-state index is -5.82. The van der Waals surface area contributed by atoms with Crippen LogP contribution in [0.4, 0.5) is 35.1 Å². The fraction of sp³-hybridized carbons (Fsp3) is 0.389. The molecule has 3 rings (SSSR count). The normalized spacial score (nSPS) is 13.6. The second kappa shape index (κ2) is 6.46. The molecule has 0 aliphatic carbocycles. The molecule has 11 heteroatoms. The molecule has 0 aliphatic rings. The molecule has 0 amide bonds. The lowest BCUT2D eigenvalue weighted by molar-refractivity contribution is -0.286. The summed E-state index contributed by atoms with van der Waals surface area (Å²) in [6, 6.07) is 2.54. The molecular formula is C18H14F8N2O. The van der Waals surface area contributed by atoms with E-state index in [4.69, 9.17) is 0 Å². The zero-order valence-corrected chi connectivity index (χ0v) is 15.0. The Labute approximate surface area is 157 Å². The van der Waals surface area contributed by atoms with Gasteiger partial charge in [-0.2, -0.15) is 35.1 Å². The fourth-order valence-electron chi connectivity index (χ4n) is 3.59. The van der Waals surface area contributed by atoms with E-state index in [1.54, 1.807) is 0 Å². The van der Waals surface area contributed by atoms with Gasteiger partial charge in [0.15, 0.2) is 0 Å². The van der Waals surface area contributed by atoms with Crippen molar-refractivity contribution in [3.05, 3.63) is 45.4 Å². The number of benzene rings is 1. The standard InChI is InChI=1S/C18H14F8N2O/c1-3-11-8(2)14-12(28(11)7-16(19,20)18(24,25)26)5-4-10-15(14)9(17(21,22)23)6-13(29)27-10/h4-6H,3,7H2,1-2H3,(H,27,29). The van der Waals surface area contributed by atoms with Gasteiger partial charge in [0.25, 0.3) is 0 Å². The van der Waals surface area contributed by atoms with E-state index in [0.717, 1.165) is 12.1 Å². The maximum absolute atomic E-state index is 13.7. The number of H-pyrrole nitrogens is 1. The van der Waals surface area contributed by atoms with Gasteiger partial charge in [0, 0.05) is 33.6 Å². The molecule has 0 saturated heterocycles. The number of hydrogen-bond donors (Lipinski definition) is 1. The summed E-state index contributed by atoms with van der Waals surface area (Å²) < 4.78 is 107. The van der Waals surface area contributed by atoms with Crippen molar-refractivity contribution in [3.63, 3.8) is 0 Å². The molecule has 0 radical (unpaired) electrons. The zero-order valence-electron chi connectivity index (χ0n) is 15.0. The van der Waals surface area contributed by atoms with Crippen LogP contribution in [0.5, 0.6) is 0 Å². The lowest BCUT2D eigenvalue weighted by atomic mass is 10.0. The summed E-state index contributed by atoms with van der Waals surface area (Å²) in [6.45, 7) is 1.09. The first-order chi connectivity index (χ1) is 13.2. The van der Waals surface area contributed by atoms with Crippen LogP contribution in [0.25, 0.3) is 21.8 Å². The van der Waals surface area contributed by atoms with E-state index in [9.17, 15) is 39.9 Å². The number of alkyl halides is 8. The Morgan fingerprint density at radius 2 is 1.62 bits per heavy atom. The van der Waals surface area contributed by atoms with Crippen LogP contribution in [-0.4, -0.2) is 21.6 Å². The topological polar surface area (TPSA) is 37.8 Å². The first-order valence-corrected chi connectivity index (χ1v) is 8.38. The highest BCUT2D eigenvalue weighted by Crippen LogP contribution is 2.42. The first-order valence-electron chi connectivity index (χ1n) is 8.38. The number of nitrogens with zero attached hydrogens (tertiary/aromatic N) is 1. The van der Waals surface area contributed by atoms with Crippen LogP contribution in [0.1, 0.15) is 23.7 Å². The third-order valence-corrected chi connectivity index (χ3v) is 4.82. The van der Waals surface area contributed by atoms with Crippen molar-refractivity contribution in [2.24, 2.45) is 0 Å². The quantitative estimate of drug-likeness (QED) is 0.547. The molecule has 0 spiro atoms. The molecule has 1 aromatic carbocycles. The number of aryl methyl sites for hydroxylation is 1. The van der Waals surface area contributed by atoms with Gasteiger partial charge in [-0.3, -0.25) is 4.79 Å². The summed E-state index contributed by atoms with van der Waals surface area (Å²) in [5.41, 5.74) is -2.50. The summed E-state index contributed by atoms with van der Waals surface area (Å²) in [6.07, 6.45) is -10.7. The van der Waals surface area contributed by atoms with Crippen LogP contribution in [0, 0.1) is 6.92 Å². The molecular weight excluding hydrogens is 412 g/mol. The Kier molecular flexibility index (Phi) is 4.71. The SMILES string of the molecule is CCc1c(C)c2c3c(C(F)(F)F)cc(=O)[nH]c3ccc2n1CC(F)(F)C(F)(F)F. The van der Waals surface area contributed by atoms with Gasteiger partial charge < -0.3 is 9.55 Å². The number of halogens is 8. The Morgan fingerprint density at radius 3 is 2.14 bits per heavy atom. The van der Waals surface area contributed by atoms with Gasteiger partial charge in [-0.15, -0.1) is 0 Å². The van der Waals surface area contributed by atoms with Crippen LogP contribution in [-0.2, 0) is 19.1 Å². The number of aromatic nitrogens is 2. The number of fused-ring (bicyclic) bond motifs is 3. The van der Waals surface area contributed by atoms with Crippen molar-refractivity contribution >= 4 is 21.8 Å². The Hall–Kier alpha value is -2.59. The van der Waals surface area contributed by atoms with E-state index in [1.165, 1.54) is 13.8 Å². The van der Waals surface area contributed by atoms with E-state index in [-0.39, 0.29) is 34.1 Å². The largest absolute Gasteiger partial charge is 0.455 e. The minimum Gasteiger partial charge on any atom is -0.338 e. The summed E-state index contributed by atoms with van der Waals surface area (Å²) in [5, 5.41) is -0.572. The highest BCUT2D eigenvalue weighted by molar-refractivity contribution is 6.09. The summed E-state index contributed by atoms with van der Waals surface area (Å²) in [7, 11) is 0. The van der Waals surface area contributed by atoms with E-state index >= 15 is 0 Å². The molecule has 158 valence electrons. The van der Waals surface area contributed by atoms with Crippen molar-refractivity contribution in [2.45, 2.75) is 45.1 Å². The number of rotatable bonds is 3. The molecule has 3 aromatic rings. The monoisotopic (exact) mass is 426 g/mol.